The lowest BCUT2D eigenvalue weighted by molar-refractivity contribution is -0.132. The molecule has 0 saturated heterocycles. The lowest BCUT2D eigenvalue weighted by Crippen LogP contribution is -1.97. The van der Waals surface area contributed by atoms with Gasteiger partial charge in [0.1, 0.15) is 0 Å². The highest BCUT2D eigenvalue weighted by molar-refractivity contribution is 5.80. The fraction of sp³-hybridized carbons (Fsp3) is 0.684. The Hall–Kier alpha value is -1.58. The summed E-state index contributed by atoms with van der Waals surface area (Å²) < 4.78 is 0. The molecule has 0 heterocycles. The largest absolute Gasteiger partial charge is 0.478 e. The molecule has 0 aromatic rings. The van der Waals surface area contributed by atoms with Crippen LogP contribution in [-0.4, -0.2) is 22.2 Å². The van der Waals surface area contributed by atoms with Crippen LogP contribution in [0, 0.1) is 5.92 Å². The van der Waals surface area contributed by atoms with Crippen LogP contribution in [0.2, 0.25) is 0 Å². The predicted molar refractivity (Wildman–Crippen MR) is 93.5 cm³/mol. The Bertz CT molecular complexity index is 348. The Labute approximate surface area is 140 Å². The van der Waals surface area contributed by atoms with E-state index in [4.69, 9.17) is 10.2 Å². The van der Waals surface area contributed by atoms with Crippen LogP contribution < -0.4 is 0 Å². The van der Waals surface area contributed by atoms with E-state index in [1.165, 1.54) is 51.4 Å². The fourth-order valence-electron chi connectivity index (χ4n) is 2.54. The van der Waals surface area contributed by atoms with Gasteiger partial charge in [-0.15, -0.1) is 0 Å². The molecule has 0 aliphatic heterocycles. The van der Waals surface area contributed by atoms with E-state index in [2.05, 4.69) is 6.92 Å². The van der Waals surface area contributed by atoms with Crippen LogP contribution in [0.25, 0.3) is 0 Å². The van der Waals surface area contributed by atoms with Crippen molar-refractivity contribution in [2.75, 3.05) is 0 Å². The summed E-state index contributed by atoms with van der Waals surface area (Å²) in [6.07, 6.45) is 18.6. The van der Waals surface area contributed by atoms with Crippen LogP contribution >= 0.6 is 0 Å². The van der Waals surface area contributed by atoms with Crippen molar-refractivity contribution in [3.63, 3.8) is 0 Å². The fourth-order valence-corrected chi connectivity index (χ4v) is 2.54. The molecule has 2 N–H and O–H groups in total. The molecule has 0 radical (unpaired) electrons. The number of carboxylic acids is 2. The summed E-state index contributed by atoms with van der Waals surface area (Å²) in [5.41, 5.74) is 0. The van der Waals surface area contributed by atoms with E-state index in [1.807, 2.05) is 0 Å². The zero-order chi connectivity index (χ0) is 17.3. The van der Waals surface area contributed by atoms with Crippen molar-refractivity contribution >= 4 is 11.9 Å². The first-order valence-corrected chi connectivity index (χ1v) is 8.88. The van der Waals surface area contributed by atoms with Crippen molar-refractivity contribution < 1.29 is 19.8 Å². The van der Waals surface area contributed by atoms with Crippen molar-refractivity contribution in [3.05, 3.63) is 24.3 Å². The summed E-state index contributed by atoms with van der Waals surface area (Å²) in [7, 11) is 0. The molecule has 0 fully saturated rings. The Morgan fingerprint density at radius 1 is 0.739 bits per heavy atom. The number of hydrogen-bond acceptors (Lipinski definition) is 2. The molecule has 0 unspecified atom stereocenters. The molecule has 23 heavy (non-hydrogen) atoms. The number of hydrogen-bond donors (Lipinski definition) is 2. The lowest BCUT2D eigenvalue weighted by Gasteiger charge is -2.07. The van der Waals surface area contributed by atoms with Crippen LogP contribution in [0.4, 0.5) is 0 Å². The van der Waals surface area contributed by atoms with Gasteiger partial charge in [-0.25, -0.2) is 9.59 Å². The first-order chi connectivity index (χ1) is 11.1. The van der Waals surface area contributed by atoms with E-state index >= 15 is 0 Å². The minimum absolute atomic E-state index is 0.115. The van der Waals surface area contributed by atoms with Crippen LogP contribution in [0.5, 0.6) is 0 Å². The smallest absolute Gasteiger partial charge is 0.327 e. The monoisotopic (exact) mass is 324 g/mol. The third-order valence-corrected chi connectivity index (χ3v) is 3.86. The van der Waals surface area contributed by atoms with Crippen molar-refractivity contribution in [1.29, 1.82) is 0 Å². The SMILES string of the molecule is CCCCCCCCCCCCC(C=CC(=O)O)C=CC(=O)O. The van der Waals surface area contributed by atoms with E-state index in [-0.39, 0.29) is 5.92 Å². The number of unbranched alkanes of at least 4 members (excludes halogenated alkanes) is 9. The normalized spacial score (nSPS) is 12.9. The molecule has 0 aliphatic carbocycles. The molecule has 0 aromatic heterocycles. The van der Waals surface area contributed by atoms with Crippen LogP contribution in [0.15, 0.2) is 24.3 Å². The molecule has 0 atom stereocenters. The minimum atomic E-state index is -0.998. The van der Waals surface area contributed by atoms with Gasteiger partial charge < -0.3 is 10.2 Å². The summed E-state index contributed by atoms with van der Waals surface area (Å²) in [5.74, 6) is -2.11. The third-order valence-electron chi connectivity index (χ3n) is 3.86. The molecule has 0 bridgehead atoms. The van der Waals surface area contributed by atoms with Crippen LogP contribution in [0.1, 0.15) is 77.6 Å². The summed E-state index contributed by atoms with van der Waals surface area (Å²) in [4.78, 5) is 21.1. The van der Waals surface area contributed by atoms with Gasteiger partial charge in [-0.1, -0.05) is 83.3 Å². The number of carboxylic acid groups (broad SMARTS) is 2. The second-order valence-corrected chi connectivity index (χ2v) is 6.03. The molecule has 0 rings (SSSR count). The van der Waals surface area contributed by atoms with E-state index in [0.717, 1.165) is 31.4 Å². The van der Waals surface area contributed by atoms with Gasteiger partial charge in [0.15, 0.2) is 0 Å². The Morgan fingerprint density at radius 2 is 1.13 bits per heavy atom. The van der Waals surface area contributed by atoms with Crippen molar-refractivity contribution in [1.82, 2.24) is 0 Å². The van der Waals surface area contributed by atoms with Gasteiger partial charge in [-0.3, -0.25) is 0 Å². The van der Waals surface area contributed by atoms with Gasteiger partial charge in [0.25, 0.3) is 0 Å². The first kappa shape index (κ1) is 21.4. The number of allylic oxidation sites excluding steroid dienone is 2. The molecule has 0 amide bonds. The summed E-state index contributed by atoms with van der Waals surface area (Å²) in [6, 6.07) is 0. The van der Waals surface area contributed by atoms with E-state index in [9.17, 15) is 9.59 Å². The lowest BCUT2D eigenvalue weighted by atomic mass is 9.98. The van der Waals surface area contributed by atoms with Gasteiger partial charge in [-0.2, -0.15) is 0 Å². The summed E-state index contributed by atoms with van der Waals surface area (Å²) >= 11 is 0. The number of carbonyl (C=O) groups is 2. The van der Waals surface area contributed by atoms with Gasteiger partial charge in [0, 0.05) is 12.2 Å². The van der Waals surface area contributed by atoms with E-state index in [0.29, 0.717) is 0 Å². The third kappa shape index (κ3) is 16.6. The average molecular weight is 324 g/mol. The number of rotatable bonds is 15. The zero-order valence-corrected chi connectivity index (χ0v) is 14.4. The average Bonchev–Trinajstić information content (AvgIpc) is 2.50. The quantitative estimate of drug-likeness (QED) is 0.321. The molecule has 4 nitrogen and oxygen atoms in total. The highest BCUT2D eigenvalue weighted by Gasteiger charge is 2.03. The summed E-state index contributed by atoms with van der Waals surface area (Å²) in [6.45, 7) is 2.23. The van der Waals surface area contributed by atoms with Gasteiger partial charge in [-0.05, 0) is 12.3 Å². The number of aliphatic carboxylic acids is 2. The maximum atomic E-state index is 10.6. The van der Waals surface area contributed by atoms with Crippen molar-refractivity contribution in [3.8, 4) is 0 Å². The molecule has 4 heteroatoms. The minimum Gasteiger partial charge on any atom is -0.478 e. The topological polar surface area (TPSA) is 74.6 Å². The second kappa shape index (κ2) is 15.3. The maximum absolute atomic E-state index is 10.6. The Balaban J connectivity index is 3.77. The van der Waals surface area contributed by atoms with Crippen molar-refractivity contribution in [2.24, 2.45) is 5.92 Å². The second-order valence-electron chi connectivity index (χ2n) is 6.03. The highest BCUT2D eigenvalue weighted by Crippen LogP contribution is 2.16. The predicted octanol–water partition coefficient (Wildman–Crippen LogP) is 5.20. The first-order valence-electron chi connectivity index (χ1n) is 8.88. The van der Waals surface area contributed by atoms with Gasteiger partial charge in [0.2, 0.25) is 0 Å². The summed E-state index contributed by atoms with van der Waals surface area (Å²) in [5, 5.41) is 17.3. The van der Waals surface area contributed by atoms with Crippen LogP contribution in [-0.2, 0) is 9.59 Å². The van der Waals surface area contributed by atoms with E-state index < -0.39 is 11.9 Å². The molecule has 0 saturated carbocycles. The van der Waals surface area contributed by atoms with Gasteiger partial charge in [0.05, 0.1) is 0 Å². The Kier molecular flexibility index (Phi) is 14.3. The molecular formula is C19H32O4. The molecule has 0 spiro atoms. The van der Waals surface area contributed by atoms with Gasteiger partial charge >= 0.3 is 11.9 Å². The molecular weight excluding hydrogens is 292 g/mol. The standard InChI is InChI=1S/C19H32O4/c1-2-3-4-5-6-7-8-9-10-11-12-17(13-15-18(20)21)14-16-19(22)23/h13-17H,2-12H2,1H3,(H,20,21)(H,22,23). The van der Waals surface area contributed by atoms with Crippen LogP contribution in [0.3, 0.4) is 0 Å². The molecule has 0 aromatic carbocycles. The van der Waals surface area contributed by atoms with Crippen molar-refractivity contribution in [2.45, 2.75) is 77.6 Å². The highest BCUT2D eigenvalue weighted by atomic mass is 16.4. The zero-order valence-electron chi connectivity index (χ0n) is 14.4. The van der Waals surface area contributed by atoms with E-state index in [1.54, 1.807) is 12.2 Å². The molecule has 132 valence electrons. The Morgan fingerprint density at radius 3 is 1.52 bits per heavy atom. The molecule has 0 aliphatic rings. The maximum Gasteiger partial charge on any atom is 0.327 e.